The van der Waals surface area contributed by atoms with Gasteiger partial charge in [0.05, 0.1) is 20.1 Å². The highest BCUT2D eigenvalue weighted by molar-refractivity contribution is 9.10. The van der Waals surface area contributed by atoms with E-state index in [2.05, 4.69) is 47.1 Å². The van der Waals surface area contributed by atoms with Gasteiger partial charge in [0.2, 0.25) is 0 Å². The van der Waals surface area contributed by atoms with Crippen molar-refractivity contribution in [1.29, 1.82) is 0 Å². The first-order valence-corrected chi connectivity index (χ1v) is 11.9. The molecule has 1 saturated carbocycles. The number of aromatic carboxylic acids is 1. The first-order chi connectivity index (χ1) is 17.6. The number of oxazole rings is 2. The van der Waals surface area contributed by atoms with Crippen LogP contribution in [0.5, 0.6) is 0 Å². The van der Waals surface area contributed by atoms with Crippen molar-refractivity contribution in [2.75, 3.05) is 0 Å². The molecule has 0 atom stereocenters. The highest BCUT2D eigenvalue weighted by Gasteiger charge is 2.28. The van der Waals surface area contributed by atoms with Gasteiger partial charge < -0.3 is 19.3 Å². The Labute approximate surface area is 222 Å². The number of nitrogens with zero attached hydrogens (tertiary/aromatic N) is 2. The van der Waals surface area contributed by atoms with Crippen LogP contribution in [0.15, 0.2) is 54.8 Å². The van der Waals surface area contributed by atoms with Crippen LogP contribution >= 0.6 is 31.9 Å². The molecule has 0 unspecified atom stereocenters. The maximum atomic E-state index is 13.9. The van der Waals surface area contributed by atoms with Crippen LogP contribution in [-0.2, 0) is 0 Å². The van der Waals surface area contributed by atoms with E-state index in [0.29, 0.717) is 0 Å². The molecule has 1 amide bonds. The summed E-state index contributed by atoms with van der Waals surface area (Å²) in [4.78, 5) is 29.9. The number of amides is 1. The number of nitrogens with one attached hydrogen (secondary N) is 1. The second-order valence-corrected chi connectivity index (χ2v) is 9.31. The molecule has 0 spiro atoms. The molecule has 2 N–H and O–H groups in total. The van der Waals surface area contributed by atoms with E-state index >= 15 is 0 Å². The molecular formula is C23H13Br2F4N3O5. The number of carboxylic acid groups (broad SMARTS) is 1. The highest BCUT2D eigenvalue weighted by Crippen LogP contribution is 2.31. The molecule has 1 fully saturated rings. The van der Waals surface area contributed by atoms with Crippen LogP contribution in [0.3, 0.4) is 0 Å². The normalized spacial score (nSPS) is 12.6. The van der Waals surface area contributed by atoms with E-state index < -0.39 is 40.8 Å². The van der Waals surface area contributed by atoms with Crippen LogP contribution in [0, 0.1) is 23.3 Å². The van der Waals surface area contributed by atoms with Crippen molar-refractivity contribution in [3.8, 4) is 22.6 Å². The lowest BCUT2D eigenvalue weighted by Crippen LogP contribution is -2.26. The van der Waals surface area contributed by atoms with E-state index in [9.17, 15) is 27.2 Å². The number of halogens is 6. The first kappa shape index (κ1) is 26.5. The largest absolute Gasteiger partial charge is 0.476 e. The molecule has 14 heteroatoms. The van der Waals surface area contributed by atoms with E-state index in [-0.39, 0.29) is 43.3 Å². The summed E-state index contributed by atoms with van der Waals surface area (Å²) < 4.78 is 64.0. The van der Waals surface area contributed by atoms with Crippen molar-refractivity contribution in [1.82, 2.24) is 15.3 Å². The van der Waals surface area contributed by atoms with Crippen LogP contribution in [-0.4, -0.2) is 33.0 Å². The maximum absolute atomic E-state index is 13.9. The van der Waals surface area contributed by atoms with Gasteiger partial charge >= 0.3 is 5.97 Å². The minimum absolute atomic E-state index is 0.00208. The maximum Gasteiger partial charge on any atom is 0.358 e. The summed E-state index contributed by atoms with van der Waals surface area (Å²) in [5.41, 5.74) is -0.937. The minimum atomic E-state index is -1.38. The highest BCUT2D eigenvalue weighted by atomic mass is 79.9. The van der Waals surface area contributed by atoms with Gasteiger partial charge in [0, 0.05) is 6.04 Å². The Balaban J connectivity index is 0.000000176. The number of carbonyl (C=O) groups excluding carboxylic acids is 1. The summed E-state index contributed by atoms with van der Waals surface area (Å²) in [5, 5.41) is 11.5. The Morgan fingerprint density at radius 2 is 1.27 bits per heavy atom. The van der Waals surface area contributed by atoms with Gasteiger partial charge in [0.15, 0.2) is 35.7 Å². The second kappa shape index (κ2) is 10.8. The van der Waals surface area contributed by atoms with Gasteiger partial charge in [-0.05, 0) is 69.0 Å². The van der Waals surface area contributed by atoms with Crippen molar-refractivity contribution in [2.24, 2.45) is 0 Å². The number of hydrogen-bond donors (Lipinski definition) is 2. The topological polar surface area (TPSA) is 118 Å². The zero-order valence-electron chi connectivity index (χ0n) is 18.2. The minimum Gasteiger partial charge on any atom is -0.476 e. The fraction of sp³-hybridized carbons (Fsp3) is 0.130. The molecule has 37 heavy (non-hydrogen) atoms. The van der Waals surface area contributed by atoms with Gasteiger partial charge in [0.25, 0.3) is 5.91 Å². The van der Waals surface area contributed by atoms with Crippen molar-refractivity contribution < 1.29 is 41.1 Å². The van der Waals surface area contributed by atoms with Crippen LogP contribution < -0.4 is 5.32 Å². The number of benzene rings is 2. The quantitative estimate of drug-likeness (QED) is 0.191. The van der Waals surface area contributed by atoms with Crippen molar-refractivity contribution in [3.63, 3.8) is 0 Å². The number of carbonyl (C=O) groups is 2. The lowest BCUT2D eigenvalue weighted by atomic mass is 10.1. The number of hydrogen-bond acceptors (Lipinski definition) is 6. The molecule has 1 aliphatic rings. The van der Waals surface area contributed by atoms with Gasteiger partial charge in [0.1, 0.15) is 23.3 Å². The van der Waals surface area contributed by atoms with Gasteiger partial charge in [-0.25, -0.2) is 32.3 Å². The van der Waals surface area contributed by atoms with Crippen molar-refractivity contribution in [3.05, 3.63) is 80.7 Å². The Hall–Kier alpha value is -3.52. The smallest absolute Gasteiger partial charge is 0.358 e. The lowest BCUT2D eigenvalue weighted by Gasteiger charge is -2.05. The molecule has 0 bridgehead atoms. The number of rotatable bonds is 5. The monoisotopic (exact) mass is 645 g/mol. The average Bonchev–Trinajstić information content (AvgIpc) is 3.31. The molecule has 192 valence electrons. The Bertz CT molecular complexity index is 1500. The molecular weight excluding hydrogens is 634 g/mol. The molecule has 8 nitrogen and oxygen atoms in total. The third-order valence-corrected chi connectivity index (χ3v) is 6.19. The van der Waals surface area contributed by atoms with E-state index in [4.69, 9.17) is 13.9 Å². The molecule has 1 aliphatic carbocycles. The van der Waals surface area contributed by atoms with Gasteiger partial charge in [-0.3, -0.25) is 4.79 Å². The van der Waals surface area contributed by atoms with Crippen LogP contribution in [0.4, 0.5) is 17.6 Å². The van der Waals surface area contributed by atoms with E-state index in [1.807, 2.05) is 0 Å². The van der Waals surface area contributed by atoms with Crippen molar-refractivity contribution in [2.45, 2.75) is 18.9 Å². The molecule has 0 aliphatic heterocycles. The molecule has 2 heterocycles. The number of carboxylic acids is 1. The van der Waals surface area contributed by atoms with Crippen LogP contribution in [0.25, 0.3) is 22.6 Å². The standard InChI is InChI=1S/C13H9BrF2N2O2.C10H4BrF2NO3/c14-8-4-9(15)7(3-10(8)16)12-11(17-5-20-12)13(19)18-6-1-2-6;11-5-2-6(12)4(1-7(5)13)9-8(10(15)16)14-3-17-9/h3-6H,1-2H2,(H,18,19);1-3H,(H,15,16). The molecule has 4 aromatic rings. The van der Waals surface area contributed by atoms with Crippen LogP contribution in [0.2, 0.25) is 0 Å². The molecule has 2 aromatic heterocycles. The predicted molar refractivity (Wildman–Crippen MR) is 127 cm³/mol. The fourth-order valence-electron chi connectivity index (χ4n) is 3.06. The van der Waals surface area contributed by atoms with Crippen molar-refractivity contribution >= 4 is 43.7 Å². The van der Waals surface area contributed by atoms with E-state index in [1.54, 1.807) is 0 Å². The Kier molecular flexibility index (Phi) is 7.78. The summed E-state index contributed by atoms with van der Waals surface area (Å²) in [6.45, 7) is 0. The Morgan fingerprint density at radius 1 is 0.811 bits per heavy atom. The average molecular weight is 647 g/mol. The number of aromatic nitrogens is 2. The lowest BCUT2D eigenvalue weighted by molar-refractivity contribution is 0.0691. The third-order valence-electron chi connectivity index (χ3n) is 4.97. The zero-order chi connectivity index (χ0) is 26.9. The first-order valence-electron chi connectivity index (χ1n) is 10.3. The van der Waals surface area contributed by atoms with E-state index in [0.717, 1.165) is 49.9 Å². The fourth-order valence-corrected chi connectivity index (χ4v) is 3.69. The van der Waals surface area contributed by atoms with Gasteiger partial charge in [-0.1, -0.05) is 0 Å². The summed E-state index contributed by atoms with van der Waals surface area (Å²) in [6.07, 6.45) is 3.73. The summed E-state index contributed by atoms with van der Waals surface area (Å²) in [7, 11) is 0. The summed E-state index contributed by atoms with van der Waals surface area (Å²) in [6, 6.07) is 3.81. The molecule has 2 aromatic carbocycles. The van der Waals surface area contributed by atoms with Gasteiger partial charge in [-0.15, -0.1) is 0 Å². The van der Waals surface area contributed by atoms with E-state index in [1.165, 1.54) is 0 Å². The predicted octanol–water partition coefficient (Wildman–Crippen LogP) is 6.36. The summed E-state index contributed by atoms with van der Waals surface area (Å²) in [5.74, 6) is -5.10. The molecule has 0 radical (unpaired) electrons. The molecule has 5 rings (SSSR count). The van der Waals surface area contributed by atoms with Gasteiger partial charge in [-0.2, -0.15) is 0 Å². The zero-order valence-corrected chi connectivity index (χ0v) is 21.4. The van der Waals surface area contributed by atoms with Crippen LogP contribution in [0.1, 0.15) is 33.8 Å². The SMILES string of the molecule is O=C(NC1CC1)c1ncoc1-c1cc(F)c(Br)cc1F.O=C(O)c1ncoc1-c1cc(F)c(Br)cc1F. The third kappa shape index (κ3) is 5.91. The summed E-state index contributed by atoms with van der Waals surface area (Å²) >= 11 is 5.70. The Morgan fingerprint density at radius 3 is 1.73 bits per heavy atom. The second-order valence-electron chi connectivity index (χ2n) is 7.61. The molecule has 0 saturated heterocycles.